The number of carbonyl (C=O) groups is 2. The van der Waals surface area contributed by atoms with Crippen molar-refractivity contribution in [2.24, 2.45) is 0 Å². The number of hydrogen-bond donors (Lipinski definition) is 1. The van der Waals surface area contributed by atoms with Crippen molar-refractivity contribution < 1.29 is 14.3 Å². The van der Waals surface area contributed by atoms with Gasteiger partial charge in [0.05, 0.1) is 12.7 Å². The van der Waals surface area contributed by atoms with Gasteiger partial charge in [0.25, 0.3) is 5.91 Å². The molecule has 108 valence electrons. The summed E-state index contributed by atoms with van der Waals surface area (Å²) in [4.78, 5) is 23.8. The molecule has 1 N–H and O–H groups in total. The van der Waals surface area contributed by atoms with E-state index in [2.05, 4.69) is 5.32 Å². The lowest BCUT2D eigenvalue weighted by atomic mass is 10.1. The smallest absolute Gasteiger partial charge is 0.338 e. The SMILES string of the molecule is COC(=O)c1cccc(NC(=O)c2ccc(C)cc2)c1C. The molecule has 0 fully saturated rings. The second-order valence-electron chi connectivity index (χ2n) is 4.79. The molecule has 0 aromatic heterocycles. The van der Waals surface area contributed by atoms with E-state index >= 15 is 0 Å². The minimum absolute atomic E-state index is 0.208. The second kappa shape index (κ2) is 6.22. The van der Waals surface area contributed by atoms with Crippen molar-refractivity contribution in [1.29, 1.82) is 0 Å². The minimum Gasteiger partial charge on any atom is -0.465 e. The van der Waals surface area contributed by atoms with Crippen LogP contribution in [0.5, 0.6) is 0 Å². The molecule has 0 radical (unpaired) electrons. The molecular formula is C17H17NO3. The fraction of sp³-hybridized carbons (Fsp3) is 0.176. The van der Waals surface area contributed by atoms with Crippen LogP contribution in [0.1, 0.15) is 31.8 Å². The Morgan fingerprint density at radius 1 is 1.00 bits per heavy atom. The molecule has 0 spiro atoms. The van der Waals surface area contributed by atoms with Gasteiger partial charge in [0, 0.05) is 11.3 Å². The Balaban J connectivity index is 2.25. The van der Waals surface area contributed by atoms with Gasteiger partial charge in [-0.3, -0.25) is 4.79 Å². The van der Waals surface area contributed by atoms with Gasteiger partial charge in [-0.1, -0.05) is 23.8 Å². The number of nitrogens with one attached hydrogen (secondary N) is 1. The summed E-state index contributed by atoms with van der Waals surface area (Å²) in [6.45, 7) is 3.74. The summed E-state index contributed by atoms with van der Waals surface area (Å²) in [6.07, 6.45) is 0. The number of ether oxygens (including phenoxy) is 1. The average molecular weight is 283 g/mol. The number of carbonyl (C=O) groups excluding carboxylic acids is 2. The standard InChI is InChI=1S/C17H17NO3/c1-11-7-9-13(10-8-11)16(19)18-15-6-4-5-14(12(15)2)17(20)21-3/h4-10H,1-3H3,(H,18,19). The van der Waals surface area contributed by atoms with Gasteiger partial charge in [-0.15, -0.1) is 0 Å². The summed E-state index contributed by atoms with van der Waals surface area (Å²) in [5.41, 5.74) is 3.39. The Kier molecular flexibility index (Phi) is 4.38. The van der Waals surface area contributed by atoms with Gasteiger partial charge in [-0.2, -0.15) is 0 Å². The average Bonchev–Trinajstić information content (AvgIpc) is 2.49. The molecular weight excluding hydrogens is 266 g/mol. The third kappa shape index (κ3) is 3.28. The summed E-state index contributed by atoms with van der Waals surface area (Å²) in [7, 11) is 1.33. The van der Waals surface area contributed by atoms with Crippen LogP contribution in [-0.4, -0.2) is 19.0 Å². The molecule has 0 unspecified atom stereocenters. The first-order valence-corrected chi connectivity index (χ1v) is 6.59. The van der Waals surface area contributed by atoms with Gasteiger partial charge in [0.2, 0.25) is 0 Å². The van der Waals surface area contributed by atoms with Crippen LogP contribution < -0.4 is 5.32 Å². The van der Waals surface area contributed by atoms with E-state index in [9.17, 15) is 9.59 Å². The molecule has 2 aromatic carbocycles. The molecule has 1 amide bonds. The van der Waals surface area contributed by atoms with Crippen LogP contribution in [0.2, 0.25) is 0 Å². The van der Waals surface area contributed by atoms with Crippen molar-refractivity contribution in [2.75, 3.05) is 12.4 Å². The minimum atomic E-state index is -0.418. The number of methoxy groups -OCH3 is 1. The first-order valence-electron chi connectivity index (χ1n) is 6.59. The quantitative estimate of drug-likeness (QED) is 0.879. The zero-order chi connectivity index (χ0) is 15.4. The van der Waals surface area contributed by atoms with Gasteiger partial charge in [0.15, 0.2) is 0 Å². The van der Waals surface area contributed by atoms with Crippen molar-refractivity contribution in [3.05, 3.63) is 64.7 Å². The Morgan fingerprint density at radius 3 is 2.29 bits per heavy atom. The van der Waals surface area contributed by atoms with Crippen molar-refractivity contribution in [2.45, 2.75) is 13.8 Å². The molecule has 0 heterocycles. The number of benzene rings is 2. The maximum atomic E-state index is 12.2. The first-order chi connectivity index (χ1) is 10.0. The molecule has 4 heteroatoms. The zero-order valence-corrected chi connectivity index (χ0v) is 12.3. The van der Waals surface area contributed by atoms with E-state index in [1.165, 1.54) is 7.11 Å². The van der Waals surface area contributed by atoms with Crippen molar-refractivity contribution in [3.63, 3.8) is 0 Å². The van der Waals surface area contributed by atoms with Crippen LogP contribution in [0.15, 0.2) is 42.5 Å². The van der Waals surface area contributed by atoms with Gasteiger partial charge < -0.3 is 10.1 Å². The monoisotopic (exact) mass is 283 g/mol. The van der Waals surface area contributed by atoms with Crippen LogP contribution in [0, 0.1) is 13.8 Å². The van der Waals surface area contributed by atoms with Gasteiger partial charge >= 0.3 is 5.97 Å². The summed E-state index contributed by atoms with van der Waals surface area (Å²) in [5, 5.41) is 2.82. The fourth-order valence-electron chi connectivity index (χ4n) is 2.00. The van der Waals surface area contributed by atoms with E-state index in [0.29, 0.717) is 22.4 Å². The number of esters is 1. The Hall–Kier alpha value is -2.62. The van der Waals surface area contributed by atoms with E-state index in [1.54, 1.807) is 37.3 Å². The lowest BCUT2D eigenvalue weighted by Gasteiger charge is -2.11. The summed E-state index contributed by atoms with van der Waals surface area (Å²) < 4.78 is 4.72. The molecule has 4 nitrogen and oxygen atoms in total. The predicted octanol–water partition coefficient (Wildman–Crippen LogP) is 3.34. The molecule has 0 saturated carbocycles. The van der Waals surface area contributed by atoms with Crippen molar-refractivity contribution >= 4 is 17.6 Å². The highest BCUT2D eigenvalue weighted by Gasteiger charge is 2.14. The number of aryl methyl sites for hydroxylation is 1. The second-order valence-corrected chi connectivity index (χ2v) is 4.79. The van der Waals surface area contributed by atoms with E-state index in [0.717, 1.165) is 5.56 Å². The summed E-state index contributed by atoms with van der Waals surface area (Å²) in [5.74, 6) is -0.626. The third-order valence-corrected chi connectivity index (χ3v) is 3.30. The molecule has 2 aromatic rings. The maximum absolute atomic E-state index is 12.2. The molecule has 0 aliphatic heterocycles. The Morgan fingerprint density at radius 2 is 1.67 bits per heavy atom. The Labute approximate surface area is 123 Å². The topological polar surface area (TPSA) is 55.4 Å². The van der Waals surface area contributed by atoms with Gasteiger partial charge in [-0.05, 0) is 43.7 Å². The zero-order valence-electron chi connectivity index (χ0n) is 12.3. The summed E-state index contributed by atoms with van der Waals surface area (Å²) >= 11 is 0. The molecule has 21 heavy (non-hydrogen) atoms. The van der Waals surface area contributed by atoms with Crippen LogP contribution in [0.25, 0.3) is 0 Å². The number of hydrogen-bond acceptors (Lipinski definition) is 3. The molecule has 0 atom stereocenters. The van der Waals surface area contributed by atoms with E-state index in [-0.39, 0.29) is 5.91 Å². The number of rotatable bonds is 3. The largest absolute Gasteiger partial charge is 0.465 e. The highest BCUT2D eigenvalue weighted by atomic mass is 16.5. The highest BCUT2D eigenvalue weighted by Crippen LogP contribution is 2.20. The van der Waals surface area contributed by atoms with E-state index < -0.39 is 5.97 Å². The molecule has 0 bridgehead atoms. The first kappa shape index (κ1) is 14.8. The van der Waals surface area contributed by atoms with E-state index in [4.69, 9.17) is 4.74 Å². The maximum Gasteiger partial charge on any atom is 0.338 e. The van der Waals surface area contributed by atoms with Crippen LogP contribution in [0.4, 0.5) is 5.69 Å². The normalized spacial score (nSPS) is 10.0. The Bertz CT molecular complexity index is 675. The number of anilines is 1. The molecule has 0 aliphatic rings. The van der Waals surface area contributed by atoms with Crippen molar-refractivity contribution in [3.8, 4) is 0 Å². The molecule has 0 saturated heterocycles. The van der Waals surface area contributed by atoms with Crippen LogP contribution in [-0.2, 0) is 4.74 Å². The van der Waals surface area contributed by atoms with Gasteiger partial charge in [0.1, 0.15) is 0 Å². The summed E-state index contributed by atoms with van der Waals surface area (Å²) in [6, 6.07) is 12.4. The lowest BCUT2D eigenvalue weighted by molar-refractivity contribution is 0.0599. The number of amides is 1. The van der Waals surface area contributed by atoms with E-state index in [1.807, 2.05) is 19.1 Å². The van der Waals surface area contributed by atoms with Crippen LogP contribution in [0.3, 0.4) is 0 Å². The molecule has 2 rings (SSSR count). The predicted molar refractivity (Wildman–Crippen MR) is 81.7 cm³/mol. The molecule has 0 aliphatic carbocycles. The fourth-order valence-corrected chi connectivity index (χ4v) is 2.00. The lowest BCUT2D eigenvalue weighted by Crippen LogP contribution is -2.14. The van der Waals surface area contributed by atoms with Crippen molar-refractivity contribution in [1.82, 2.24) is 0 Å². The van der Waals surface area contributed by atoms with Crippen LogP contribution >= 0.6 is 0 Å². The highest BCUT2D eigenvalue weighted by molar-refractivity contribution is 6.05. The van der Waals surface area contributed by atoms with Gasteiger partial charge in [-0.25, -0.2) is 4.79 Å². The third-order valence-electron chi connectivity index (χ3n) is 3.30.